The number of carbonyl (C=O) groups is 10. The number of carboxylic acids is 2. The van der Waals surface area contributed by atoms with Gasteiger partial charge < -0.3 is 60.3 Å². The average molecular weight is 1840 g/mol. The van der Waals surface area contributed by atoms with Crippen LogP contribution in [0.1, 0.15) is 63.9 Å². The molecule has 6 fully saturated rings. The minimum Gasteiger partial charge on any atom is -0.550 e. The molecule has 0 spiro atoms. The number of imide groups is 1. The maximum absolute atomic E-state index is 12.0. The number of fused-ring (bicyclic) bond motifs is 2. The number of primary amides is 2. The van der Waals surface area contributed by atoms with Crippen LogP contribution < -0.4 is 135 Å². The van der Waals surface area contributed by atoms with Crippen LogP contribution in [0.15, 0.2) is 122 Å². The molecule has 37 heteroatoms. The van der Waals surface area contributed by atoms with Crippen molar-refractivity contribution < 1.29 is 185 Å². The van der Waals surface area contributed by atoms with Crippen LogP contribution >= 0.6 is 168 Å². The quantitative estimate of drug-likeness (QED) is 0.0221. The second kappa shape index (κ2) is 44.6. The molecule has 2 heterocycles. The third-order valence-corrected chi connectivity index (χ3v) is 22.3. The number of ether oxygens (including phenoxy) is 5. The van der Waals surface area contributed by atoms with Crippen molar-refractivity contribution in [1.29, 1.82) is 0 Å². The number of rotatable bonds is 13. The van der Waals surface area contributed by atoms with Gasteiger partial charge >= 0.3 is 139 Å². The summed E-state index contributed by atoms with van der Waals surface area (Å²) in [5.74, 6) is -6.24. The van der Waals surface area contributed by atoms with Crippen molar-refractivity contribution in [3.63, 3.8) is 0 Å². The predicted octanol–water partition coefficient (Wildman–Crippen LogP) is 7.22. The molecule has 9 atom stereocenters. The number of hydrogen-bond donors (Lipinski definition) is 4. The first-order valence-corrected chi connectivity index (χ1v) is 35.2. The monoisotopic (exact) mass is 1830 g/mol. The van der Waals surface area contributed by atoms with Gasteiger partial charge in [0.2, 0.25) is 11.8 Å². The molecule has 9 unspecified atom stereocenters. The van der Waals surface area contributed by atoms with Crippen LogP contribution in [0.5, 0.6) is 0 Å². The number of carboxylic acid groups (broad SMARTS) is 2. The van der Waals surface area contributed by atoms with Crippen molar-refractivity contribution >= 4 is 227 Å². The molecule has 0 bridgehead atoms. The van der Waals surface area contributed by atoms with E-state index in [4.69, 9.17) is 153 Å². The maximum atomic E-state index is 12.0. The van der Waals surface area contributed by atoms with Gasteiger partial charge in [0.25, 0.3) is 0 Å². The number of carbonyl (C=O) groups excluding carboxylic acids is 10. The van der Waals surface area contributed by atoms with Crippen LogP contribution in [-0.4, -0.2) is 108 Å². The van der Waals surface area contributed by atoms with Crippen molar-refractivity contribution in [3.8, 4) is 0 Å². The predicted molar refractivity (Wildman–Crippen MR) is 401 cm³/mol. The van der Waals surface area contributed by atoms with Gasteiger partial charge in [-0.05, 0) is 144 Å². The Morgan fingerprint density at radius 2 is 0.991 bits per heavy atom. The van der Waals surface area contributed by atoms with Gasteiger partial charge in [0, 0.05) is 35.3 Å². The van der Waals surface area contributed by atoms with Crippen LogP contribution in [0.25, 0.3) is 0 Å². The molecule has 6 N–H and O–H groups in total. The van der Waals surface area contributed by atoms with Crippen LogP contribution in [0.4, 0.5) is 4.79 Å². The summed E-state index contributed by atoms with van der Waals surface area (Å²) in [6, 6.07) is 29.4. The molecule has 21 nitrogen and oxygen atoms in total. The first kappa shape index (κ1) is 99.3. The molecule has 106 heavy (non-hydrogen) atoms. The molecule has 0 radical (unpaired) electrons. The average Bonchev–Trinajstić information content (AvgIpc) is 1.54. The van der Waals surface area contributed by atoms with E-state index in [0.29, 0.717) is 79.6 Å². The van der Waals surface area contributed by atoms with Gasteiger partial charge in [0.15, 0.2) is 0 Å². The number of alkyl halides is 1. The summed E-state index contributed by atoms with van der Waals surface area (Å²) < 4.78 is 22.7. The van der Waals surface area contributed by atoms with E-state index in [1.807, 2.05) is 12.1 Å². The number of aliphatic carboxylic acids is 2. The fourth-order valence-corrected chi connectivity index (χ4v) is 13.4. The number of nitrogens with one attached hydrogen (secondary N) is 2. The molecule has 6 aromatic carbocycles. The van der Waals surface area contributed by atoms with Crippen molar-refractivity contribution in [3.05, 3.63) is 216 Å². The Morgan fingerprint density at radius 1 is 0.557 bits per heavy atom. The summed E-state index contributed by atoms with van der Waals surface area (Å²) in [7, 11) is 6.56. The fourth-order valence-electron chi connectivity index (χ4n) is 11.1. The molecule has 2 saturated heterocycles. The second-order valence-corrected chi connectivity index (χ2v) is 28.8. The number of benzene rings is 6. The van der Waals surface area contributed by atoms with E-state index in [0.717, 1.165) is 36.2 Å². The molecule has 6 aliphatic rings. The van der Waals surface area contributed by atoms with Crippen molar-refractivity contribution in [2.75, 3.05) is 48.6 Å². The molecule has 560 valence electrons. The SMILES string of the molecule is C=CC(=O)OC.COC(=O)C(Br)c1ccc(Cl)c(Cl)c1.COC(=O)C1CC1(C(=O)OC)c1ccc(Cl)c(Cl)c1.COC(=O)Cc1ccc(Cl)c(Cl)c1.Cl.Clc1ccc(C23CNCC2C3)cc1Cl.NC(N)=O.O=C([O-])C1CC1(C(=O)[O-])c1ccc(Cl)c(Cl)c1.O=C1NC(=O)C2(c3ccc(Cl)c(Cl)c3)CC12.[K+].[K+]. The molecule has 6 aromatic rings. The Hall–Kier alpha value is -2.76. The van der Waals surface area contributed by atoms with Crippen LogP contribution in [0.2, 0.25) is 60.3 Å². The number of esters is 5. The second-order valence-electron chi connectivity index (χ2n) is 23.0. The zero-order chi connectivity index (χ0) is 77.4. The summed E-state index contributed by atoms with van der Waals surface area (Å²) >= 11 is 73.1. The van der Waals surface area contributed by atoms with Crippen molar-refractivity contribution in [1.82, 2.24) is 10.6 Å². The summed E-state index contributed by atoms with van der Waals surface area (Å²) in [5, 5.41) is 32.8. The van der Waals surface area contributed by atoms with E-state index in [2.05, 4.69) is 64.9 Å². The van der Waals surface area contributed by atoms with Gasteiger partial charge in [0.05, 0.1) is 125 Å². The van der Waals surface area contributed by atoms with Gasteiger partial charge in [-0.15, -0.1) is 12.4 Å². The van der Waals surface area contributed by atoms with Crippen molar-refractivity contribution in [2.45, 2.75) is 58.6 Å². The van der Waals surface area contributed by atoms with E-state index in [9.17, 15) is 53.4 Å². The number of amides is 4. The van der Waals surface area contributed by atoms with Crippen LogP contribution in [0.3, 0.4) is 0 Å². The van der Waals surface area contributed by atoms with E-state index in [1.165, 1.54) is 65.7 Å². The Balaban J connectivity index is 0.000000420. The summed E-state index contributed by atoms with van der Waals surface area (Å²) in [5.41, 5.74) is 10.2. The smallest absolute Gasteiger partial charge is 0.550 e. The zero-order valence-corrected chi connectivity index (χ0v) is 74.6. The minimum absolute atomic E-state index is 0. The number of halogens is 14. The normalized spacial score (nSPS) is 21.4. The van der Waals surface area contributed by atoms with Gasteiger partial charge in [-0.3, -0.25) is 34.1 Å². The largest absolute Gasteiger partial charge is 1.00 e. The number of nitrogens with two attached hydrogens (primary N) is 2. The molecular weight excluding hydrogens is 1780 g/mol. The molecule has 4 saturated carbocycles. The maximum Gasteiger partial charge on any atom is 1.00 e. The van der Waals surface area contributed by atoms with Gasteiger partial charge in [-0.25, -0.2) is 9.59 Å². The molecule has 4 aliphatic carbocycles. The Bertz CT molecular complexity index is 4270. The van der Waals surface area contributed by atoms with E-state index >= 15 is 0 Å². The third-order valence-electron chi connectivity index (χ3n) is 17.0. The molecule has 2 aliphatic heterocycles. The molecule has 0 aromatic heterocycles. The van der Waals surface area contributed by atoms with Gasteiger partial charge in [-0.2, -0.15) is 0 Å². The van der Waals surface area contributed by atoms with E-state index < -0.39 is 68.8 Å². The summed E-state index contributed by atoms with van der Waals surface area (Å²) in [4.78, 5) is 109. The Kier molecular flexibility index (Phi) is 41.8. The number of piperidine rings is 2. The Morgan fingerprint density at radius 3 is 1.34 bits per heavy atom. The standard InChI is InChI=1S/C13H12Cl2O4.C11H7Cl2NO2.C11H11Cl2N.C11H8Cl2O4.C9H7BrCl2O2.C9H8Cl2O2.C4H6O2.CH4N2O.ClH.2K/c1-18-11(16)8-6-13(8,12(17)19-2)7-3-4-9(14)10(15)5-7;12-7-2-1-5(3-8(7)13)11-4-6(11)9(15)14-10(11)16;12-9-2-1-7(3-10(9)13)11-4-8(11)5-14-6-11;12-7-2-1-5(3-8(7)13)11(10(16)17)4-6(11)9(14)15;1-14-9(13)8(10)5-2-3-6(11)7(12)4-5;1-13-9(12)5-6-2-3-7(10)8(11)4-6;1-3-4(5)6-2;2-1(3)4;;;/h3-5,8H,6H2,1-2H3;1-3,6H,4H2,(H,14,15,16);1-3,8,14H,4-6H2;1-3,6H,4H2,(H,14,15)(H,16,17);2-4,8H,1H3;2-4H,5H2,1H3;3H,1H2,2H3;(H4,2,3,4);1H;;/q;;;;;;;;;2*+1/p-2. The number of methoxy groups -OCH3 is 5. The van der Waals surface area contributed by atoms with Gasteiger partial charge in [0.1, 0.15) is 10.2 Å². The third kappa shape index (κ3) is 25.4. The molecular formula is C69H62BrCl13K2N4O17. The topological polar surface area (TPSA) is 339 Å². The summed E-state index contributed by atoms with van der Waals surface area (Å²) in [6.07, 6.45) is 3.51. The fraction of sp³-hybridized carbons (Fsp3) is 0.304. The number of urea groups is 1. The molecule has 12 rings (SSSR count). The van der Waals surface area contributed by atoms with Crippen molar-refractivity contribution in [2.24, 2.45) is 35.1 Å². The first-order chi connectivity index (χ1) is 48.4. The van der Waals surface area contributed by atoms with E-state index in [-0.39, 0.29) is 173 Å². The van der Waals surface area contributed by atoms with E-state index in [1.54, 1.807) is 72.8 Å². The van der Waals surface area contributed by atoms with Crippen LogP contribution in [-0.2, 0) is 94.9 Å². The summed E-state index contributed by atoms with van der Waals surface area (Å²) in [6.45, 7) is 5.40. The minimum atomic E-state index is -1.53. The number of hydrogen-bond acceptors (Lipinski definition) is 18. The zero-order valence-electron chi connectivity index (χ0n) is 56.9. The molecule has 4 amide bonds. The van der Waals surface area contributed by atoms with Crippen LogP contribution in [0, 0.1) is 23.7 Å². The Labute approximate surface area is 769 Å². The first-order valence-electron chi connectivity index (χ1n) is 29.8. The van der Waals surface area contributed by atoms with Gasteiger partial charge in [-0.1, -0.05) is 198 Å².